The van der Waals surface area contributed by atoms with Gasteiger partial charge in [0.1, 0.15) is 5.82 Å². The van der Waals surface area contributed by atoms with Crippen molar-refractivity contribution in [2.75, 3.05) is 6.54 Å². The maximum Gasteiger partial charge on any atom is 0.149 e. The quantitative estimate of drug-likeness (QED) is 0.901. The topological polar surface area (TPSA) is 37.8 Å². The summed E-state index contributed by atoms with van der Waals surface area (Å²) in [5.74, 6) is 1.61. The van der Waals surface area contributed by atoms with Gasteiger partial charge in [0, 0.05) is 12.4 Å². The van der Waals surface area contributed by atoms with Gasteiger partial charge < -0.3 is 5.32 Å². The zero-order chi connectivity index (χ0) is 13.8. The summed E-state index contributed by atoms with van der Waals surface area (Å²) in [6.07, 6.45) is 7.65. The Hall–Kier alpha value is -1.74. The van der Waals surface area contributed by atoms with Crippen LogP contribution in [0, 0.1) is 0 Å². The summed E-state index contributed by atoms with van der Waals surface area (Å²) in [6.45, 7) is 3.02. The number of hydrogen-bond acceptors (Lipinski definition) is 3. The Morgan fingerprint density at radius 3 is 2.65 bits per heavy atom. The van der Waals surface area contributed by atoms with Crippen molar-refractivity contribution in [3.8, 4) is 0 Å². The molecule has 1 heterocycles. The Morgan fingerprint density at radius 1 is 1.20 bits per heavy atom. The molecule has 3 heteroatoms. The highest BCUT2D eigenvalue weighted by atomic mass is 15.0. The summed E-state index contributed by atoms with van der Waals surface area (Å²) in [5.41, 5.74) is 2.73. The maximum atomic E-state index is 4.41. The summed E-state index contributed by atoms with van der Waals surface area (Å²) in [5, 5.41) is 3.49. The van der Waals surface area contributed by atoms with Crippen molar-refractivity contribution < 1.29 is 0 Å². The van der Waals surface area contributed by atoms with Crippen LogP contribution in [0.2, 0.25) is 0 Å². The molecule has 0 aliphatic heterocycles. The summed E-state index contributed by atoms with van der Waals surface area (Å²) >= 11 is 0. The summed E-state index contributed by atoms with van der Waals surface area (Å²) in [7, 11) is 0. The summed E-state index contributed by atoms with van der Waals surface area (Å²) in [6, 6.07) is 10.9. The summed E-state index contributed by atoms with van der Waals surface area (Å²) < 4.78 is 0. The van der Waals surface area contributed by atoms with Crippen molar-refractivity contribution >= 4 is 0 Å². The standard InChI is InChI=1S/C17H21N3/c1-2-18-16(17-19-10-5-11-20-17)15-9-4-8-14(12-15)13-6-3-7-13/h4-5,8-13,16,18H,2-3,6-7H2,1H3. The van der Waals surface area contributed by atoms with Gasteiger partial charge in [-0.1, -0.05) is 37.6 Å². The first-order valence-corrected chi connectivity index (χ1v) is 7.48. The van der Waals surface area contributed by atoms with E-state index in [0.29, 0.717) is 0 Å². The number of hydrogen-bond donors (Lipinski definition) is 1. The predicted octanol–water partition coefficient (Wildman–Crippen LogP) is 3.44. The molecule has 0 spiro atoms. The molecule has 1 aliphatic carbocycles. The molecule has 1 atom stereocenters. The number of benzene rings is 1. The normalized spacial score (nSPS) is 16.6. The van der Waals surface area contributed by atoms with Crippen LogP contribution in [0.15, 0.2) is 42.7 Å². The Labute approximate surface area is 120 Å². The summed E-state index contributed by atoms with van der Waals surface area (Å²) in [4.78, 5) is 8.82. The molecule has 1 aliphatic rings. The largest absolute Gasteiger partial charge is 0.304 e. The van der Waals surface area contributed by atoms with E-state index in [0.717, 1.165) is 18.3 Å². The van der Waals surface area contributed by atoms with Crippen molar-refractivity contribution in [3.05, 3.63) is 59.7 Å². The highest BCUT2D eigenvalue weighted by Crippen LogP contribution is 2.37. The fourth-order valence-electron chi connectivity index (χ4n) is 2.76. The molecule has 1 aromatic heterocycles. The Bertz CT molecular complexity index is 549. The Morgan fingerprint density at radius 2 is 2.00 bits per heavy atom. The highest BCUT2D eigenvalue weighted by Gasteiger charge is 2.21. The highest BCUT2D eigenvalue weighted by molar-refractivity contribution is 5.32. The average molecular weight is 267 g/mol. The van der Waals surface area contributed by atoms with Gasteiger partial charge in [-0.3, -0.25) is 0 Å². The van der Waals surface area contributed by atoms with Gasteiger partial charge in [-0.2, -0.15) is 0 Å². The van der Waals surface area contributed by atoms with E-state index in [4.69, 9.17) is 0 Å². The molecule has 2 aromatic rings. The lowest BCUT2D eigenvalue weighted by Gasteiger charge is -2.27. The van der Waals surface area contributed by atoms with Crippen molar-refractivity contribution in [2.45, 2.75) is 38.1 Å². The van der Waals surface area contributed by atoms with Crippen molar-refractivity contribution in [3.63, 3.8) is 0 Å². The van der Waals surface area contributed by atoms with Gasteiger partial charge in [0.25, 0.3) is 0 Å². The van der Waals surface area contributed by atoms with Crippen LogP contribution in [-0.4, -0.2) is 16.5 Å². The SMILES string of the molecule is CCNC(c1cccc(C2CCC2)c1)c1ncccn1. The fraction of sp³-hybridized carbons (Fsp3) is 0.412. The van der Waals surface area contributed by atoms with Crippen LogP contribution >= 0.6 is 0 Å². The van der Waals surface area contributed by atoms with E-state index in [1.807, 2.05) is 18.5 Å². The van der Waals surface area contributed by atoms with E-state index >= 15 is 0 Å². The first kappa shape index (κ1) is 13.3. The monoisotopic (exact) mass is 267 g/mol. The molecule has 1 unspecified atom stereocenters. The molecule has 3 rings (SSSR count). The van der Waals surface area contributed by atoms with E-state index in [1.165, 1.54) is 30.4 Å². The molecule has 104 valence electrons. The predicted molar refractivity (Wildman–Crippen MR) is 80.6 cm³/mol. The molecule has 0 radical (unpaired) electrons. The van der Waals surface area contributed by atoms with Crippen LogP contribution in [0.25, 0.3) is 0 Å². The smallest absolute Gasteiger partial charge is 0.149 e. The van der Waals surface area contributed by atoms with E-state index in [-0.39, 0.29) is 6.04 Å². The van der Waals surface area contributed by atoms with Crippen molar-refractivity contribution in [2.24, 2.45) is 0 Å². The minimum absolute atomic E-state index is 0.0845. The zero-order valence-electron chi connectivity index (χ0n) is 11.9. The molecule has 0 bridgehead atoms. The fourth-order valence-corrected chi connectivity index (χ4v) is 2.76. The first-order valence-electron chi connectivity index (χ1n) is 7.48. The van der Waals surface area contributed by atoms with Crippen LogP contribution in [-0.2, 0) is 0 Å². The number of nitrogens with one attached hydrogen (secondary N) is 1. The second kappa shape index (κ2) is 6.14. The minimum atomic E-state index is 0.0845. The second-order valence-corrected chi connectivity index (χ2v) is 5.40. The molecule has 0 amide bonds. The van der Waals surface area contributed by atoms with Crippen molar-refractivity contribution in [1.29, 1.82) is 0 Å². The molecule has 1 saturated carbocycles. The van der Waals surface area contributed by atoms with Crippen LogP contribution in [0.5, 0.6) is 0 Å². The lowest BCUT2D eigenvalue weighted by Crippen LogP contribution is -2.24. The van der Waals surface area contributed by atoms with Gasteiger partial charge in [-0.25, -0.2) is 9.97 Å². The lowest BCUT2D eigenvalue weighted by molar-refractivity contribution is 0.419. The molecule has 20 heavy (non-hydrogen) atoms. The molecule has 0 saturated heterocycles. The third kappa shape index (κ3) is 2.73. The van der Waals surface area contributed by atoms with Crippen molar-refractivity contribution in [1.82, 2.24) is 15.3 Å². The molecule has 3 nitrogen and oxygen atoms in total. The van der Waals surface area contributed by atoms with Gasteiger partial charge in [0.05, 0.1) is 6.04 Å². The van der Waals surface area contributed by atoms with Gasteiger partial charge in [0.2, 0.25) is 0 Å². The molecular weight excluding hydrogens is 246 g/mol. The molecule has 1 fully saturated rings. The van der Waals surface area contributed by atoms with Crippen LogP contribution in [0.4, 0.5) is 0 Å². The zero-order valence-corrected chi connectivity index (χ0v) is 11.9. The Balaban J connectivity index is 1.91. The van der Waals surface area contributed by atoms with E-state index in [1.54, 1.807) is 0 Å². The molecular formula is C17H21N3. The first-order chi connectivity index (χ1) is 9.88. The average Bonchev–Trinajstić information content (AvgIpc) is 2.44. The minimum Gasteiger partial charge on any atom is -0.304 e. The van der Waals surface area contributed by atoms with E-state index in [2.05, 4.69) is 46.5 Å². The number of aromatic nitrogens is 2. The number of nitrogens with zero attached hydrogens (tertiary/aromatic N) is 2. The molecule has 1 aromatic carbocycles. The van der Waals surface area contributed by atoms with E-state index < -0.39 is 0 Å². The lowest BCUT2D eigenvalue weighted by atomic mass is 9.79. The molecule has 1 N–H and O–H groups in total. The van der Waals surface area contributed by atoms with Crippen LogP contribution < -0.4 is 5.32 Å². The third-order valence-corrected chi connectivity index (χ3v) is 4.07. The maximum absolute atomic E-state index is 4.41. The van der Waals surface area contributed by atoms with E-state index in [9.17, 15) is 0 Å². The Kier molecular flexibility index (Phi) is 4.07. The van der Waals surface area contributed by atoms with Gasteiger partial charge in [-0.15, -0.1) is 0 Å². The van der Waals surface area contributed by atoms with Crippen LogP contribution in [0.1, 0.15) is 55.1 Å². The van der Waals surface area contributed by atoms with Gasteiger partial charge in [0.15, 0.2) is 0 Å². The van der Waals surface area contributed by atoms with Gasteiger partial charge >= 0.3 is 0 Å². The third-order valence-electron chi connectivity index (χ3n) is 4.07. The van der Waals surface area contributed by atoms with Crippen LogP contribution in [0.3, 0.4) is 0 Å². The van der Waals surface area contributed by atoms with Gasteiger partial charge in [-0.05, 0) is 42.5 Å². The second-order valence-electron chi connectivity index (χ2n) is 5.40. The number of rotatable bonds is 5.